The highest BCUT2D eigenvalue weighted by atomic mass is 15.2. The van der Waals surface area contributed by atoms with E-state index in [0.717, 1.165) is 19.1 Å². The zero-order valence-electron chi connectivity index (χ0n) is 10.8. The standard InChI is InChI=1S/C12H27N3/c1-11(10-14(2)3)13-9-12-7-5-6-8-15(12)4/h11-13H,5-10H2,1-4H3. The van der Waals surface area contributed by atoms with Gasteiger partial charge < -0.3 is 15.1 Å². The maximum Gasteiger partial charge on any atom is 0.0217 e. The first-order valence-electron chi connectivity index (χ1n) is 6.18. The highest BCUT2D eigenvalue weighted by Crippen LogP contribution is 2.14. The van der Waals surface area contributed by atoms with Crippen molar-refractivity contribution < 1.29 is 0 Å². The molecule has 0 amide bonds. The first-order chi connectivity index (χ1) is 7.09. The molecule has 3 heteroatoms. The SMILES string of the molecule is CC(CN(C)C)NCC1CCCCN1C. The highest BCUT2D eigenvalue weighted by Gasteiger charge is 2.18. The van der Waals surface area contributed by atoms with Gasteiger partial charge in [0.25, 0.3) is 0 Å². The Bertz CT molecular complexity index is 170. The van der Waals surface area contributed by atoms with E-state index in [9.17, 15) is 0 Å². The Labute approximate surface area is 94.8 Å². The van der Waals surface area contributed by atoms with Gasteiger partial charge in [0.05, 0.1) is 0 Å². The van der Waals surface area contributed by atoms with Crippen molar-refractivity contribution in [1.29, 1.82) is 0 Å². The molecule has 0 aromatic heterocycles. The van der Waals surface area contributed by atoms with Crippen LogP contribution in [-0.2, 0) is 0 Å². The lowest BCUT2D eigenvalue weighted by molar-refractivity contribution is 0.176. The first-order valence-corrected chi connectivity index (χ1v) is 6.18. The second-order valence-corrected chi connectivity index (χ2v) is 5.20. The fourth-order valence-electron chi connectivity index (χ4n) is 2.35. The Morgan fingerprint density at radius 2 is 2.13 bits per heavy atom. The smallest absolute Gasteiger partial charge is 0.0217 e. The van der Waals surface area contributed by atoms with E-state index in [4.69, 9.17) is 0 Å². The van der Waals surface area contributed by atoms with Gasteiger partial charge in [-0.15, -0.1) is 0 Å². The summed E-state index contributed by atoms with van der Waals surface area (Å²) in [6.45, 7) is 5.80. The van der Waals surface area contributed by atoms with E-state index in [1.807, 2.05) is 0 Å². The van der Waals surface area contributed by atoms with Crippen molar-refractivity contribution >= 4 is 0 Å². The lowest BCUT2D eigenvalue weighted by atomic mass is 10.0. The number of nitrogens with zero attached hydrogens (tertiary/aromatic N) is 2. The molecule has 2 unspecified atom stereocenters. The van der Waals surface area contributed by atoms with Crippen LogP contribution in [0.25, 0.3) is 0 Å². The quantitative estimate of drug-likeness (QED) is 0.735. The number of likely N-dealkylation sites (tertiary alicyclic amines) is 1. The fraction of sp³-hybridized carbons (Fsp3) is 1.00. The predicted molar refractivity (Wildman–Crippen MR) is 66.3 cm³/mol. The molecule has 1 rings (SSSR count). The Morgan fingerprint density at radius 1 is 1.40 bits per heavy atom. The number of nitrogens with one attached hydrogen (secondary N) is 1. The van der Waals surface area contributed by atoms with Gasteiger partial charge in [-0.05, 0) is 47.5 Å². The number of hydrogen-bond acceptors (Lipinski definition) is 3. The third-order valence-corrected chi connectivity index (χ3v) is 3.26. The molecule has 0 aromatic rings. The molecule has 1 aliphatic heterocycles. The van der Waals surface area contributed by atoms with Crippen molar-refractivity contribution in [2.45, 2.75) is 38.3 Å². The van der Waals surface area contributed by atoms with E-state index in [2.05, 4.69) is 43.2 Å². The molecule has 90 valence electrons. The highest BCUT2D eigenvalue weighted by molar-refractivity contribution is 4.77. The average molecular weight is 213 g/mol. The minimum absolute atomic E-state index is 0.593. The summed E-state index contributed by atoms with van der Waals surface area (Å²) in [6.07, 6.45) is 4.14. The third-order valence-electron chi connectivity index (χ3n) is 3.26. The zero-order chi connectivity index (χ0) is 11.3. The monoisotopic (exact) mass is 213 g/mol. The predicted octanol–water partition coefficient (Wildman–Crippen LogP) is 1.01. The summed E-state index contributed by atoms with van der Waals surface area (Å²) >= 11 is 0. The van der Waals surface area contributed by atoms with Crippen LogP contribution in [0.3, 0.4) is 0 Å². The van der Waals surface area contributed by atoms with Crippen LogP contribution in [0.5, 0.6) is 0 Å². The number of hydrogen-bond donors (Lipinski definition) is 1. The van der Waals surface area contributed by atoms with Crippen LogP contribution in [0, 0.1) is 0 Å². The second-order valence-electron chi connectivity index (χ2n) is 5.20. The summed E-state index contributed by atoms with van der Waals surface area (Å²) in [6, 6.07) is 1.35. The van der Waals surface area contributed by atoms with Gasteiger partial charge in [0.2, 0.25) is 0 Å². The Kier molecular flexibility index (Phi) is 5.58. The Hall–Kier alpha value is -0.120. The van der Waals surface area contributed by atoms with Crippen LogP contribution in [0.2, 0.25) is 0 Å². The molecule has 1 fully saturated rings. The molecule has 15 heavy (non-hydrogen) atoms. The van der Waals surface area contributed by atoms with Crippen LogP contribution >= 0.6 is 0 Å². The molecule has 0 aliphatic carbocycles. The molecule has 0 radical (unpaired) electrons. The lowest BCUT2D eigenvalue weighted by Crippen LogP contribution is -2.47. The summed E-state index contributed by atoms with van der Waals surface area (Å²) in [5.74, 6) is 0. The van der Waals surface area contributed by atoms with Crippen LogP contribution < -0.4 is 5.32 Å². The third kappa shape index (κ3) is 4.96. The van der Waals surface area contributed by atoms with Crippen LogP contribution in [0.1, 0.15) is 26.2 Å². The molecule has 1 heterocycles. The molecule has 0 aromatic carbocycles. The summed E-state index contributed by atoms with van der Waals surface area (Å²) in [5, 5.41) is 3.63. The maximum absolute atomic E-state index is 3.63. The van der Waals surface area contributed by atoms with Gasteiger partial charge in [0.1, 0.15) is 0 Å². The maximum atomic E-state index is 3.63. The summed E-state index contributed by atoms with van der Waals surface area (Å²) in [4.78, 5) is 4.74. The summed E-state index contributed by atoms with van der Waals surface area (Å²) in [7, 11) is 6.51. The molecule has 2 atom stereocenters. The molecule has 1 N–H and O–H groups in total. The van der Waals surface area contributed by atoms with E-state index in [1.165, 1.54) is 25.8 Å². The molecule has 1 saturated heterocycles. The van der Waals surface area contributed by atoms with Crippen molar-refractivity contribution in [3.8, 4) is 0 Å². The van der Waals surface area contributed by atoms with Gasteiger partial charge in [-0.2, -0.15) is 0 Å². The van der Waals surface area contributed by atoms with E-state index in [1.54, 1.807) is 0 Å². The number of likely N-dealkylation sites (N-methyl/N-ethyl adjacent to an activating group) is 2. The van der Waals surface area contributed by atoms with E-state index < -0.39 is 0 Å². The molecular formula is C12H27N3. The van der Waals surface area contributed by atoms with Crippen LogP contribution in [-0.4, -0.2) is 62.7 Å². The molecule has 0 bridgehead atoms. The summed E-state index contributed by atoms with van der Waals surface area (Å²) < 4.78 is 0. The topological polar surface area (TPSA) is 18.5 Å². The molecular weight excluding hydrogens is 186 g/mol. The molecule has 1 aliphatic rings. The molecule has 3 nitrogen and oxygen atoms in total. The first kappa shape index (κ1) is 12.9. The lowest BCUT2D eigenvalue weighted by Gasteiger charge is -2.33. The average Bonchev–Trinajstić information content (AvgIpc) is 2.15. The Morgan fingerprint density at radius 3 is 2.73 bits per heavy atom. The number of piperidine rings is 1. The van der Waals surface area contributed by atoms with Crippen LogP contribution in [0.4, 0.5) is 0 Å². The second kappa shape index (κ2) is 6.46. The van der Waals surface area contributed by atoms with E-state index in [0.29, 0.717) is 6.04 Å². The minimum Gasteiger partial charge on any atom is -0.311 e. The van der Waals surface area contributed by atoms with Crippen molar-refractivity contribution in [2.75, 3.05) is 40.8 Å². The summed E-state index contributed by atoms with van der Waals surface area (Å²) in [5.41, 5.74) is 0. The van der Waals surface area contributed by atoms with Gasteiger partial charge in [-0.25, -0.2) is 0 Å². The molecule has 0 saturated carbocycles. The minimum atomic E-state index is 0.593. The van der Waals surface area contributed by atoms with Crippen molar-refractivity contribution in [3.63, 3.8) is 0 Å². The fourth-order valence-corrected chi connectivity index (χ4v) is 2.35. The van der Waals surface area contributed by atoms with Crippen molar-refractivity contribution in [1.82, 2.24) is 15.1 Å². The van der Waals surface area contributed by atoms with Crippen molar-refractivity contribution in [3.05, 3.63) is 0 Å². The van der Waals surface area contributed by atoms with Gasteiger partial charge in [0, 0.05) is 25.2 Å². The van der Waals surface area contributed by atoms with E-state index in [-0.39, 0.29) is 0 Å². The number of rotatable bonds is 5. The Balaban J connectivity index is 2.17. The van der Waals surface area contributed by atoms with Gasteiger partial charge >= 0.3 is 0 Å². The largest absolute Gasteiger partial charge is 0.311 e. The van der Waals surface area contributed by atoms with E-state index >= 15 is 0 Å². The molecule has 0 spiro atoms. The van der Waals surface area contributed by atoms with Gasteiger partial charge in [0.15, 0.2) is 0 Å². The zero-order valence-corrected chi connectivity index (χ0v) is 10.8. The van der Waals surface area contributed by atoms with Crippen molar-refractivity contribution in [2.24, 2.45) is 0 Å². The normalized spacial score (nSPS) is 25.8. The van der Waals surface area contributed by atoms with Gasteiger partial charge in [-0.1, -0.05) is 6.42 Å². The van der Waals surface area contributed by atoms with Gasteiger partial charge in [-0.3, -0.25) is 0 Å². The van der Waals surface area contributed by atoms with Crippen LogP contribution in [0.15, 0.2) is 0 Å².